The van der Waals surface area contributed by atoms with E-state index in [1.54, 1.807) is 28.8 Å². The van der Waals surface area contributed by atoms with Crippen molar-refractivity contribution >= 4 is 60.6 Å². The molecule has 1 heterocycles. The maximum atomic E-state index is 12.9. The average Bonchev–Trinajstić information content (AvgIpc) is 2.95. The van der Waals surface area contributed by atoms with E-state index in [0.717, 1.165) is 21.7 Å². The number of aromatic nitrogens is 1. The van der Waals surface area contributed by atoms with Crippen molar-refractivity contribution in [3.8, 4) is 0 Å². The SMILES string of the molecule is CSc1ccc(S(=O)(=O)Nc2ccc3c(c2)sc(=O)n3C(C)C)cc1NC(C)=O. The molecule has 3 rings (SSSR count). The van der Waals surface area contributed by atoms with Gasteiger partial charge in [0.05, 0.1) is 26.5 Å². The van der Waals surface area contributed by atoms with Crippen molar-refractivity contribution in [2.75, 3.05) is 16.3 Å². The highest BCUT2D eigenvalue weighted by Gasteiger charge is 2.18. The molecule has 0 bridgehead atoms. The van der Waals surface area contributed by atoms with E-state index >= 15 is 0 Å². The third-order valence-electron chi connectivity index (χ3n) is 4.17. The molecular weight excluding hydrogens is 430 g/mol. The number of fused-ring (bicyclic) bond motifs is 1. The zero-order valence-electron chi connectivity index (χ0n) is 16.3. The second-order valence-corrected chi connectivity index (χ2v) is 10.2. The number of nitrogens with one attached hydrogen (secondary N) is 2. The lowest BCUT2D eigenvalue weighted by Gasteiger charge is -2.13. The molecule has 0 spiro atoms. The van der Waals surface area contributed by atoms with Crippen LogP contribution < -0.4 is 14.9 Å². The number of carbonyl (C=O) groups excluding carboxylic acids is 1. The number of thiazole rings is 1. The van der Waals surface area contributed by atoms with Crippen molar-refractivity contribution in [3.63, 3.8) is 0 Å². The second-order valence-electron chi connectivity index (χ2n) is 6.66. The summed E-state index contributed by atoms with van der Waals surface area (Å²) in [6.45, 7) is 5.22. The number of rotatable bonds is 6. The number of amides is 1. The van der Waals surface area contributed by atoms with Crippen LogP contribution in [0.2, 0.25) is 0 Å². The van der Waals surface area contributed by atoms with Crippen molar-refractivity contribution in [2.45, 2.75) is 36.6 Å². The lowest BCUT2D eigenvalue weighted by molar-refractivity contribution is -0.114. The van der Waals surface area contributed by atoms with Gasteiger partial charge in [-0.1, -0.05) is 11.3 Å². The van der Waals surface area contributed by atoms with Crippen LogP contribution in [-0.2, 0) is 14.8 Å². The Morgan fingerprint density at radius 3 is 2.52 bits per heavy atom. The number of hydrogen-bond acceptors (Lipinski definition) is 6. The molecule has 0 aliphatic carbocycles. The molecule has 7 nitrogen and oxygen atoms in total. The van der Waals surface area contributed by atoms with Crippen LogP contribution in [0.3, 0.4) is 0 Å². The summed E-state index contributed by atoms with van der Waals surface area (Å²) in [5.74, 6) is -0.280. The lowest BCUT2D eigenvalue weighted by atomic mass is 10.3. The summed E-state index contributed by atoms with van der Waals surface area (Å²) in [6.07, 6.45) is 1.84. The second kappa shape index (κ2) is 8.21. The molecule has 0 aliphatic rings. The Labute approximate surface area is 177 Å². The van der Waals surface area contributed by atoms with Gasteiger partial charge in [0, 0.05) is 17.9 Å². The molecule has 0 unspecified atom stereocenters. The van der Waals surface area contributed by atoms with Gasteiger partial charge in [-0.15, -0.1) is 11.8 Å². The minimum atomic E-state index is -3.88. The molecule has 0 saturated carbocycles. The number of nitrogens with zero attached hydrogens (tertiary/aromatic N) is 1. The smallest absolute Gasteiger partial charge is 0.308 e. The van der Waals surface area contributed by atoms with Gasteiger partial charge in [0.15, 0.2) is 0 Å². The van der Waals surface area contributed by atoms with Crippen LogP contribution >= 0.6 is 23.1 Å². The third kappa shape index (κ3) is 4.49. The molecule has 2 N–H and O–H groups in total. The Hall–Kier alpha value is -2.30. The normalized spacial score (nSPS) is 11.8. The Morgan fingerprint density at radius 2 is 1.90 bits per heavy atom. The van der Waals surface area contributed by atoms with Gasteiger partial charge in [-0.05, 0) is 56.5 Å². The maximum Gasteiger partial charge on any atom is 0.308 e. The van der Waals surface area contributed by atoms with Crippen LogP contribution in [0.4, 0.5) is 11.4 Å². The van der Waals surface area contributed by atoms with Crippen LogP contribution in [0, 0.1) is 0 Å². The van der Waals surface area contributed by atoms with Gasteiger partial charge in [-0.2, -0.15) is 0 Å². The molecule has 0 saturated heterocycles. The molecular formula is C19H21N3O4S3. The van der Waals surface area contributed by atoms with Crippen LogP contribution in [0.15, 0.2) is 51.0 Å². The zero-order chi connectivity index (χ0) is 21.3. The summed E-state index contributed by atoms with van der Waals surface area (Å²) < 4.78 is 30.7. The Morgan fingerprint density at radius 1 is 1.17 bits per heavy atom. The fourth-order valence-corrected chi connectivity index (χ4v) is 5.61. The summed E-state index contributed by atoms with van der Waals surface area (Å²) >= 11 is 2.49. The molecule has 0 fully saturated rings. The highest BCUT2D eigenvalue weighted by atomic mass is 32.2. The van der Waals surface area contributed by atoms with Gasteiger partial charge in [0.1, 0.15) is 0 Å². The summed E-state index contributed by atoms with van der Waals surface area (Å²) in [4.78, 5) is 24.3. The Kier molecular flexibility index (Phi) is 6.06. The minimum Gasteiger partial charge on any atom is -0.325 e. The quantitative estimate of drug-likeness (QED) is 0.550. The van der Waals surface area contributed by atoms with Gasteiger partial charge in [0.25, 0.3) is 10.0 Å². The fourth-order valence-electron chi connectivity index (χ4n) is 2.94. The standard InChI is InChI=1S/C19H21N3O4S3/c1-11(2)22-16-7-5-13(9-18(16)28-19(22)24)21-29(25,26)14-6-8-17(27-4)15(10-14)20-12(3)23/h5-11,21H,1-4H3,(H,20,23). The van der Waals surface area contributed by atoms with Crippen molar-refractivity contribution in [2.24, 2.45) is 0 Å². The number of thioether (sulfide) groups is 1. The highest BCUT2D eigenvalue weighted by molar-refractivity contribution is 7.98. The Bertz CT molecular complexity index is 1240. The molecule has 3 aromatic rings. The van der Waals surface area contributed by atoms with E-state index in [2.05, 4.69) is 10.0 Å². The van der Waals surface area contributed by atoms with Crippen molar-refractivity contribution in [3.05, 3.63) is 46.1 Å². The van der Waals surface area contributed by atoms with Crippen molar-refractivity contribution < 1.29 is 13.2 Å². The number of hydrogen-bond donors (Lipinski definition) is 2. The molecule has 2 aromatic carbocycles. The summed E-state index contributed by atoms with van der Waals surface area (Å²) in [5.41, 5.74) is 1.58. The van der Waals surface area contributed by atoms with E-state index in [1.807, 2.05) is 20.1 Å². The van der Waals surface area contributed by atoms with Crippen molar-refractivity contribution in [1.82, 2.24) is 4.57 Å². The first kappa shape index (κ1) is 21.4. The topological polar surface area (TPSA) is 97.3 Å². The van der Waals surface area contributed by atoms with Gasteiger partial charge in [0.2, 0.25) is 5.91 Å². The van der Waals surface area contributed by atoms with Crippen LogP contribution in [0.1, 0.15) is 26.8 Å². The first-order valence-electron chi connectivity index (χ1n) is 8.76. The number of benzene rings is 2. The number of carbonyl (C=O) groups is 1. The Balaban J connectivity index is 1.97. The summed E-state index contributed by atoms with van der Waals surface area (Å²) in [6, 6.07) is 9.62. The van der Waals surface area contributed by atoms with E-state index in [4.69, 9.17) is 0 Å². The monoisotopic (exact) mass is 451 g/mol. The predicted molar refractivity (Wildman–Crippen MR) is 120 cm³/mol. The van der Waals surface area contributed by atoms with Crippen molar-refractivity contribution in [1.29, 1.82) is 0 Å². The van der Waals surface area contributed by atoms with E-state index in [9.17, 15) is 18.0 Å². The zero-order valence-corrected chi connectivity index (χ0v) is 18.8. The maximum absolute atomic E-state index is 12.9. The molecule has 0 aliphatic heterocycles. The van der Waals surface area contributed by atoms with Gasteiger partial charge in [-0.3, -0.25) is 18.9 Å². The molecule has 1 amide bonds. The molecule has 0 atom stereocenters. The molecule has 1 aromatic heterocycles. The molecule has 0 radical (unpaired) electrons. The highest BCUT2D eigenvalue weighted by Crippen LogP contribution is 2.30. The first-order valence-corrected chi connectivity index (χ1v) is 12.3. The lowest BCUT2D eigenvalue weighted by Crippen LogP contribution is -2.15. The predicted octanol–water partition coefficient (Wildman–Crippen LogP) is 4.13. The minimum absolute atomic E-state index is 0.0148. The molecule has 29 heavy (non-hydrogen) atoms. The molecule has 154 valence electrons. The van der Waals surface area contributed by atoms with E-state index in [-0.39, 0.29) is 21.7 Å². The average molecular weight is 452 g/mol. The van der Waals surface area contributed by atoms with E-state index in [1.165, 1.54) is 30.8 Å². The van der Waals surface area contributed by atoms with Gasteiger partial charge >= 0.3 is 4.87 Å². The van der Waals surface area contributed by atoms with Gasteiger partial charge in [-0.25, -0.2) is 8.42 Å². The van der Waals surface area contributed by atoms with Gasteiger partial charge < -0.3 is 5.32 Å². The molecule has 10 heteroatoms. The first-order chi connectivity index (χ1) is 13.6. The largest absolute Gasteiger partial charge is 0.325 e. The third-order valence-corrected chi connectivity index (χ3v) is 7.27. The fraction of sp³-hybridized carbons (Fsp3) is 0.263. The summed E-state index contributed by atoms with van der Waals surface area (Å²) in [7, 11) is -3.88. The van der Waals surface area contributed by atoms with E-state index in [0.29, 0.717) is 16.1 Å². The summed E-state index contributed by atoms with van der Waals surface area (Å²) in [5, 5.41) is 2.66. The van der Waals surface area contributed by atoms with Crippen LogP contribution in [0.25, 0.3) is 10.2 Å². The number of sulfonamides is 1. The van der Waals surface area contributed by atoms with E-state index < -0.39 is 10.0 Å². The van der Waals surface area contributed by atoms with Crippen LogP contribution in [-0.4, -0.2) is 25.1 Å². The van der Waals surface area contributed by atoms with Crippen LogP contribution in [0.5, 0.6) is 0 Å². The number of anilines is 2.